The highest BCUT2D eigenvalue weighted by atomic mass is 35.5. The molecule has 1 aromatic rings. The minimum Gasteiger partial charge on any atom is -0.411 e. The number of nitrogens with one attached hydrogen (secondary N) is 1. The molecule has 128 valence electrons. The summed E-state index contributed by atoms with van der Waals surface area (Å²) in [4.78, 5) is 26.1. The second-order valence-corrected chi connectivity index (χ2v) is 7.99. The van der Waals surface area contributed by atoms with Gasteiger partial charge in [0.1, 0.15) is 11.1 Å². The van der Waals surface area contributed by atoms with Crippen LogP contribution in [-0.2, 0) is 9.59 Å². The number of amides is 1. The van der Waals surface area contributed by atoms with E-state index in [-0.39, 0.29) is 17.4 Å². The summed E-state index contributed by atoms with van der Waals surface area (Å²) in [7, 11) is 0. The maximum Gasteiger partial charge on any atom is 0.239 e. The van der Waals surface area contributed by atoms with Crippen LogP contribution in [0.25, 0.3) is 0 Å². The van der Waals surface area contributed by atoms with E-state index in [9.17, 15) is 14.8 Å². The first-order valence-electron chi connectivity index (χ1n) is 7.97. The Morgan fingerprint density at radius 3 is 2.54 bits per heavy atom. The van der Waals surface area contributed by atoms with Gasteiger partial charge in [0.15, 0.2) is 5.78 Å². The van der Waals surface area contributed by atoms with Crippen molar-refractivity contribution in [3.05, 3.63) is 28.8 Å². The lowest BCUT2D eigenvalue weighted by Gasteiger charge is -2.37. The number of carbonyl (C=O) groups is 2. The predicted octanol–water partition coefficient (Wildman–Crippen LogP) is 3.81. The van der Waals surface area contributed by atoms with Crippen LogP contribution in [-0.4, -0.2) is 22.6 Å². The first kappa shape index (κ1) is 17.0. The van der Waals surface area contributed by atoms with Crippen LogP contribution in [0, 0.1) is 23.2 Å². The first-order chi connectivity index (χ1) is 11.1. The Bertz CT molecular complexity index is 786. The number of anilines is 1. The minimum atomic E-state index is -1.22. The zero-order chi connectivity index (χ0) is 17.9. The molecule has 2 unspecified atom stereocenters. The maximum absolute atomic E-state index is 13.2. The average molecular weight is 349 g/mol. The fourth-order valence-corrected chi connectivity index (χ4v) is 4.58. The molecule has 2 bridgehead atoms. The summed E-state index contributed by atoms with van der Waals surface area (Å²) < 4.78 is 0. The van der Waals surface area contributed by atoms with Crippen molar-refractivity contribution in [2.45, 2.75) is 40.5 Å². The van der Waals surface area contributed by atoms with E-state index >= 15 is 0 Å². The van der Waals surface area contributed by atoms with E-state index in [4.69, 9.17) is 11.6 Å². The Morgan fingerprint density at radius 1 is 1.29 bits per heavy atom. The van der Waals surface area contributed by atoms with E-state index in [1.54, 1.807) is 12.1 Å². The van der Waals surface area contributed by atoms with E-state index in [0.29, 0.717) is 23.6 Å². The normalized spacial score (nSPS) is 32.4. The molecular weight excluding hydrogens is 328 g/mol. The van der Waals surface area contributed by atoms with E-state index in [2.05, 4.69) is 10.5 Å². The Balaban J connectivity index is 2.06. The number of ketones is 1. The summed E-state index contributed by atoms with van der Waals surface area (Å²) in [5, 5.41) is 16.0. The Kier molecular flexibility index (Phi) is 3.57. The number of fused-ring (bicyclic) bond motifs is 2. The Morgan fingerprint density at radius 2 is 1.96 bits per heavy atom. The summed E-state index contributed by atoms with van der Waals surface area (Å²) in [6, 6.07) is 5.24. The summed E-state index contributed by atoms with van der Waals surface area (Å²) in [6.45, 7) is 7.57. The van der Waals surface area contributed by atoms with Crippen molar-refractivity contribution in [2.75, 3.05) is 5.32 Å². The molecule has 5 nitrogen and oxygen atoms in total. The van der Waals surface area contributed by atoms with Crippen LogP contribution in [0.5, 0.6) is 0 Å². The standard InChI is InChI=1S/C18H21ClN2O3/c1-10-5-6-11(19)9-12(10)20-15(23)18-8-7-17(4,16(18,2)3)13(21-24)14(18)22/h5-6,9,24H,7-8H2,1-4H3,(H,20,23). The molecule has 24 heavy (non-hydrogen) atoms. The zero-order valence-electron chi connectivity index (χ0n) is 14.2. The van der Waals surface area contributed by atoms with Crippen LogP contribution in [0.15, 0.2) is 23.4 Å². The second-order valence-electron chi connectivity index (χ2n) is 7.55. The molecule has 0 radical (unpaired) electrons. The quantitative estimate of drug-likeness (QED) is 0.484. The molecule has 6 heteroatoms. The number of benzene rings is 1. The molecule has 2 N–H and O–H groups in total. The van der Waals surface area contributed by atoms with Gasteiger partial charge in [-0.15, -0.1) is 0 Å². The average Bonchev–Trinajstić information content (AvgIpc) is 2.79. The molecule has 2 saturated carbocycles. The molecule has 2 fully saturated rings. The third-order valence-corrected chi connectivity index (χ3v) is 6.74. The van der Waals surface area contributed by atoms with Gasteiger partial charge in [-0.2, -0.15) is 0 Å². The molecule has 2 aliphatic rings. The highest BCUT2D eigenvalue weighted by Crippen LogP contribution is 2.69. The van der Waals surface area contributed by atoms with Gasteiger partial charge in [0.05, 0.1) is 0 Å². The number of oxime groups is 1. The van der Waals surface area contributed by atoms with E-state index in [1.807, 2.05) is 33.8 Å². The van der Waals surface area contributed by atoms with Crippen LogP contribution in [0.3, 0.4) is 0 Å². The summed E-state index contributed by atoms with van der Waals surface area (Å²) in [6.07, 6.45) is 1.08. The number of carbonyl (C=O) groups excluding carboxylic acids is 2. The molecule has 1 amide bonds. The number of rotatable bonds is 2. The molecule has 2 aliphatic carbocycles. The van der Waals surface area contributed by atoms with Crippen molar-refractivity contribution in [3.63, 3.8) is 0 Å². The van der Waals surface area contributed by atoms with Gasteiger partial charge in [0, 0.05) is 16.1 Å². The fourth-order valence-electron chi connectivity index (χ4n) is 4.41. The highest BCUT2D eigenvalue weighted by Gasteiger charge is 2.76. The van der Waals surface area contributed by atoms with Crippen LogP contribution in [0.2, 0.25) is 5.02 Å². The number of halogens is 1. The Labute approximate surface area is 146 Å². The lowest BCUT2D eigenvalue weighted by molar-refractivity contribution is -0.140. The number of Topliss-reactive ketones (excluding diaryl/α,β-unsaturated/α-hetero) is 1. The Hall–Kier alpha value is -1.88. The van der Waals surface area contributed by atoms with Gasteiger partial charge >= 0.3 is 0 Å². The number of aryl methyl sites for hydroxylation is 1. The lowest BCUT2D eigenvalue weighted by Crippen LogP contribution is -2.47. The van der Waals surface area contributed by atoms with Crippen LogP contribution in [0.1, 0.15) is 39.2 Å². The minimum absolute atomic E-state index is 0.108. The van der Waals surface area contributed by atoms with Crippen molar-refractivity contribution in [3.8, 4) is 0 Å². The van der Waals surface area contributed by atoms with Gasteiger partial charge < -0.3 is 10.5 Å². The van der Waals surface area contributed by atoms with Crippen molar-refractivity contribution < 1.29 is 14.8 Å². The SMILES string of the molecule is Cc1ccc(Cl)cc1NC(=O)C12CCC(C)(C(=NO)C1=O)C2(C)C. The van der Waals surface area contributed by atoms with Crippen molar-refractivity contribution in [1.29, 1.82) is 0 Å². The van der Waals surface area contributed by atoms with Crippen LogP contribution in [0.4, 0.5) is 5.69 Å². The van der Waals surface area contributed by atoms with Gasteiger partial charge in [0.25, 0.3) is 0 Å². The van der Waals surface area contributed by atoms with Gasteiger partial charge in [-0.25, -0.2) is 0 Å². The topological polar surface area (TPSA) is 78.8 Å². The van der Waals surface area contributed by atoms with Gasteiger partial charge in [-0.1, -0.05) is 43.6 Å². The molecule has 0 heterocycles. The van der Waals surface area contributed by atoms with Crippen LogP contribution < -0.4 is 5.32 Å². The monoisotopic (exact) mass is 348 g/mol. The number of hydrogen-bond donors (Lipinski definition) is 2. The molecular formula is C18H21ClN2O3. The number of hydrogen-bond acceptors (Lipinski definition) is 4. The third kappa shape index (κ3) is 1.79. The van der Waals surface area contributed by atoms with E-state index < -0.39 is 16.2 Å². The second kappa shape index (κ2) is 5.06. The molecule has 0 spiro atoms. The van der Waals surface area contributed by atoms with E-state index in [0.717, 1.165) is 5.56 Å². The van der Waals surface area contributed by atoms with Crippen molar-refractivity contribution in [1.82, 2.24) is 0 Å². The number of nitrogens with zero attached hydrogens (tertiary/aromatic N) is 1. The predicted molar refractivity (Wildman–Crippen MR) is 92.6 cm³/mol. The van der Waals surface area contributed by atoms with E-state index in [1.165, 1.54) is 0 Å². The first-order valence-corrected chi connectivity index (χ1v) is 8.34. The highest BCUT2D eigenvalue weighted by molar-refractivity contribution is 6.51. The smallest absolute Gasteiger partial charge is 0.239 e. The molecule has 0 aliphatic heterocycles. The summed E-state index contributed by atoms with van der Waals surface area (Å²) in [5.74, 6) is -0.730. The lowest BCUT2D eigenvalue weighted by atomic mass is 9.64. The summed E-state index contributed by atoms with van der Waals surface area (Å²) in [5.41, 5.74) is -0.915. The molecule has 0 aromatic heterocycles. The molecule has 0 saturated heterocycles. The fraction of sp³-hybridized carbons (Fsp3) is 0.500. The maximum atomic E-state index is 13.2. The van der Waals surface area contributed by atoms with Crippen LogP contribution >= 0.6 is 11.6 Å². The molecule has 2 atom stereocenters. The van der Waals surface area contributed by atoms with Crippen molar-refractivity contribution in [2.24, 2.45) is 21.4 Å². The molecule has 1 aromatic carbocycles. The molecule has 3 rings (SSSR count). The van der Waals surface area contributed by atoms with Gasteiger partial charge in [0.2, 0.25) is 5.91 Å². The third-order valence-electron chi connectivity index (χ3n) is 6.51. The largest absolute Gasteiger partial charge is 0.411 e. The zero-order valence-corrected chi connectivity index (χ0v) is 15.0. The summed E-state index contributed by atoms with van der Waals surface area (Å²) >= 11 is 6.02. The van der Waals surface area contributed by atoms with Crippen molar-refractivity contribution >= 4 is 34.7 Å². The van der Waals surface area contributed by atoms with Gasteiger partial charge in [-0.3, -0.25) is 9.59 Å². The van der Waals surface area contributed by atoms with Gasteiger partial charge in [-0.05, 0) is 42.9 Å².